The average Bonchev–Trinajstić information content (AvgIpc) is 3.42. The Balaban J connectivity index is 1.62. The van der Waals surface area contributed by atoms with Crippen molar-refractivity contribution in [2.24, 2.45) is 0 Å². The molecule has 5 rings (SSSR count). The number of rotatable bonds is 4. The van der Waals surface area contributed by atoms with Crippen LogP contribution in [0.25, 0.3) is 11.3 Å². The lowest BCUT2D eigenvalue weighted by Gasteiger charge is -2.17. The maximum Gasteiger partial charge on any atom is 0.255 e. The van der Waals surface area contributed by atoms with Gasteiger partial charge in [-0.3, -0.25) is 9.78 Å². The van der Waals surface area contributed by atoms with Crippen molar-refractivity contribution < 1.29 is 13.9 Å². The molecule has 3 aromatic rings. The summed E-state index contributed by atoms with van der Waals surface area (Å²) in [5, 5.41) is 9.63. The number of carbonyl (C=O) groups excluding carboxylic acids is 1. The lowest BCUT2D eigenvalue weighted by molar-refractivity contribution is 0.0947. The fraction of sp³-hybridized carbons (Fsp3) is 0.308. The maximum absolute atomic E-state index is 14.4. The van der Waals surface area contributed by atoms with Crippen LogP contribution in [0.3, 0.4) is 0 Å². The van der Waals surface area contributed by atoms with Gasteiger partial charge in [0.2, 0.25) is 0 Å². The van der Waals surface area contributed by atoms with Gasteiger partial charge >= 0.3 is 0 Å². The number of hydrogen-bond donors (Lipinski definition) is 4. The van der Waals surface area contributed by atoms with E-state index in [4.69, 9.17) is 4.74 Å². The van der Waals surface area contributed by atoms with Crippen molar-refractivity contribution in [3.8, 4) is 28.8 Å². The summed E-state index contributed by atoms with van der Waals surface area (Å²) in [6.07, 6.45) is 6.19. The maximum atomic E-state index is 14.4. The number of aromatic nitrogens is 2. The predicted octanol–water partition coefficient (Wildman–Crippen LogP) is 3.75. The lowest BCUT2D eigenvalue weighted by Crippen LogP contribution is -2.31. The summed E-state index contributed by atoms with van der Waals surface area (Å²) < 4.78 is 19.7. The van der Waals surface area contributed by atoms with Crippen molar-refractivity contribution >= 4 is 17.3 Å². The number of fused-ring (bicyclic) bond motifs is 1. The third kappa shape index (κ3) is 4.11. The quantitative estimate of drug-likeness (QED) is 0.446. The third-order valence-corrected chi connectivity index (χ3v) is 6.24. The van der Waals surface area contributed by atoms with Gasteiger partial charge in [-0.05, 0) is 38.0 Å². The van der Waals surface area contributed by atoms with Crippen molar-refractivity contribution in [3.63, 3.8) is 0 Å². The van der Waals surface area contributed by atoms with Gasteiger partial charge in [-0.1, -0.05) is 17.9 Å². The summed E-state index contributed by atoms with van der Waals surface area (Å²) in [5.74, 6) is 6.00. The molecule has 1 saturated heterocycles. The van der Waals surface area contributed by atoms with E-state index >= 15 is 0 Å². The van der Waals surface area contributed by atoms with Crippen LogP contribution in [0.15, 0.2) is 36.7 Å². The van der Waals surface area contributed by atoms with Gasteiger partial charge in [0.25, 0.3) is 5.91 Å². The zero-order chi connectivity index (χ0) is 23.7. The Labute approximate surface area is 197 Å². The monoisotopic (exact) mass is 459 g/mol. The smallest absolute Gasteiger partial charge is 0.255 e. The first-order valence-electron chi connectivity index (χ1n) is 11.4. The van der Waals surface area contributed by atoms with E-state index in [2.05, 4.69) is 44.7 Å². The van der Waals surface area contributed by atoms with Gasteiger partial charge < -0.3 is 25.7 Å². The zero-order valence-electron chi connectivity index (χ0n) is 19.1. The highest BCUT2D eigenvalue weighted by atomic mass is 19.1. The molecule has 1 fully saturated rings. The number of aromatic amines is 1. The number of halogens is 1. The minimum Gasteiger partial charge on any atom is -0.492 e. The number of nitrogens with zero attached hydrogens (tertiary/aromatic N) is 1. The molecule has 2 atom stereocenters. The van der Waals surface area contributed by atoms with Crippen LogP contribution in [0.4, 0.5) is 15.8 Å². The van der Waals surface area contributed by atoms with E-state index in [9.17, 15) is 9.18 Å². The largest absolute Gasteiger partial charge is 0.492 e. The Bertz CT molecular complexity index is 1310. The first kappa shape index (κ1) is 22.0. The molecule has 1 aromatic carbocycles. The molecular weight excluding hydrogens is 433 g/mol. The molecule has 8 heteroatoms. The number of para-hydroxylation sites is 1. The summed E-state index contributed by atoms with van der Waals surface area (Å²) in [4.78, 5) is 20.6. The number of amides is 1. The minimum absolute atomic E-state index is 0.0794. The number of H-pyrrole nitrogens is 1. The number of anilines is 2. The zero-order valence-corrected chi connectivity index (χ0v) is 19.1. The molecule has 0 unspecified atom stereocenters. The van der Waals surface area contributed by atoms with E-state index in [0.717, 1.165) is 29.7 Å². The Kier molecular flexibility index (Phi) is 5.95. The highest BCUT2D eigenvalue weighted by Gasteiger charge is 2.28. The number of pyridine rings is 1. The number of nitrogens with one attached hydrogen (secondary N) is 4. The number of hydrogen-bond acceptors (Lipinski definition) is 5. The number of methoxy groups -OCH3 is 1. The molecule has 2 aliphatic heterocycles. The normalized spacial score (nSPS) is 19.1. The minimum atomic E-state index is -0.489. The predicted molar refractivity (Wildman–Crippen MR) is 129 cm³/mol. The molecule has 0 bridgehead atoms. The van der Waals surface area contributed by atoms with Gasteiger partial charge in [-0.2, -0.15) is 0 Å². The van der Waals surface area contributed by atoms with E-state index in [1.54, 1.807) is 24.5 Å². The van der Waals surface area contributed by atoms with Crippen LogP contribution in [0.5, 0.6) is 5.75 Å². The average molecular weight is 460 g/mol. The molecule has 4 heterocycles. The highest BCUT2D eigenvalue weighted by molar-refractivity contribution is 6.06. The molecule has 2 aliphatic rings. The Morgan fingerprint density at radius 1 is 1.26 bits per heavy atom. The Morgan fingerprint density at radius 2 is 2.15 bits per heavy atom. The molecule has 34 heavy (non-hydrogen) atoms. The van der Waals surface area contributed by atoms with Gasteiger partial charge in [0, 0.05) is 42.7 Å². The second kappa shape index (κ2) is 9.20. The molecule has 0 aliphatic carbocycles. The molecule has 0 radical (unpaired) electrons. The molecular formula is C26H26FN5O2. The molecule has 0 spiro atoms. The molecule has 0 saturated carbocycles. The summed E-state index contributed by atoms with van der Waals surface area (Å²) in [6.45, 7) is 2.70. The number of carbonyl (C=O) groups is 1. The summed E-state index contributed by atoms with van der Waals surface area (Å²) >= 11 is 0. The summed E-state index contributed by atoms with van der Waals surface area (Å²) in [7, 11) is 1.41. The van der Waals surface area contributed by atoms with Crippen LogP contribution < -0.4 is 20.7 Å². The fourth-order valence-electron chi connectivity index (χ4n) is 4.57. The van der Waals surface area contributed by atoms with Gasteiger partial charge in [-0.25, -0.2) is 4.39 Å². The van der Waals surface area contributed by atoms with Crippen LogP contribution in [0, 0.1) is 17.7 Å². The van der Waals surface area contributed by atoms with Crippen molar-refractivity contribution in [2.75, 3.05) is 19.0 Å². The first-order valence-corrected chi connectivity index (χ1v) is 11.4. The van der Waals surface area contributed by atoms with Gasteiger partial charge in [-0.15, -0.1) is 0 Å². The van der Waals surface area contributed by atoms with E-state index in [1.165, 1.54) is 13.2 Å². The van der Waals surface area contributed by atoms with Crippen molar-refractivity contribution in [3.05, 3.63) is 59.3 Å². The second-order valence-corrected chi connectivity index (χ2v) is 8.57. The molecule has 2 aromatic heterocycles. The number of benzene rings is 1. The fourth-order valence-corrected chi connectivity index (χ4v) is 4.57. The lowest BCUT2D eigenvalue weighted by atomic mass is 10.0. The van der Waals surface area contributed by atoms with Gasteiger partial charge in [0.1, 0.15) is 0 Å². The topological polar surface area (TPSA) is 91.1 Å². The SMILES string of the molecule is COc1c(F)cccc1Nc1c(-c2ccncc2C#C[C@@H]2CC[C@H](C)N2)[nH]c2c1C(=O)NCC2. The van der Waals surface area contributed by atoms with E-state index in [1.807, 2.05) is 6.07 Å². The van der Waals surface area contributed by atoms with E-state index in [0.29, 0.717) is 41.6 Å². The van der Waals surface area contributed by atoms with Crippen molar-refractivity contribution in [1.82, 2.24) is 20.6 Å². The molecule has 7 nitrogen and oxygen atoms in total. The first-order chi connectivity index (χ1) is 16.5. The Morgan fingerprint density at radius 3 is 2.94 bits per heavy atom. The van der Waals surface area contributed by atoms with Crippen molar-refractivity contribution in [1.29, 1.82) is 0 Å². The molecule has 4 N–H and O–H groups in total. The standard InChI is InChI=1S/C26H26FN5O2/c1-15-6-8-17(30-15)9-7-16-14-28-12-10-18(16)23-24(22-20(31-23)11-13-29-26(22)33)32-21-5-3-4-19(27)25(21)34-2/h3-5,10,12,14-15,17,30-32H,6,8,11,13H2,1-2H3,(H,29,33)/t15-,17-/m0/s1. The van der Waals surface area contributed by atoms with Crippen LogP contribution in [0.2, 0.25) is 0 Å². The number of ether oxygens (including phenoxy) is 1. The van der Waals surface area contributed by atoms with E-state index < -0.39 is 5.82 Å². The Hall–Kier alpha value is -3.83. The summed E-state index contributed by atoms with van der Waals surface area (Å²) in [5.41, 5.74) is 4.57. The van der Waals surface area contributed by atoms with Crippen molar-refractivity contribution in [2.45, 2.75) is 38.3 Å². The van der Waals surface area contributed by atoms with Crippen LogP contribution in [-0.4, -0.2) is 41.6 Å². The van der Waals surface area contributed by atoms with Gasteiger partial charge in [0.15, 0.2) is 11.6 Å². The highest BCUT2D eigenvalue weighted by Crippen LogP contribution is 2.40. The van der Waals surface area contributed by atoms with Crippen LogP contribution >= 0.6 is 0 Å². The van der Waals surface area contributed by atoms with Gasteiger partial charge in [0.05, 0.1) is 41.3 Å². The van der Waals surface area contributed by atoms with Crippen LogP contribution in [0.1, 0.15) is 41.4 Å². The molecule has 1 amide bonds. The third-order valence-electron chi connectivity index (χ3n) is 6.24. The summed E-state index contributed by atoms with van der Waals surface area (Å²) in [6, 6.07) is 7.11. The second-order valence-electron chi connectivity index (χ2n) is 8.57. The molecule has 174 valence electrons. The van der Waals surface area contributed by atoms with Crippen LogP contribution in [-0.2, 0) is 6.42 Å². The van der Waals surface area contributed by atoms with E-state index in [-0.39, 0.29) is 17.7 Å².